The fourth-order valence-electron chi connectivity index (χ4n) is 2.67. The van der Waals surface area contributed by atoms with Crippen LogP contribution in [-0.4, -0.2) is 11.9 Å². The van der Waals surface area contributed by atoms with Crippen molar-refractivity contribution in [2.24, 2.45) is 5.92 Å². The lowest BCUT2D eigenvalue weighted by Gasteiger charge is -2.28. The Hall–Kier alpha value is -0.480. The summed E-state index contributed by atoms with van der Waals surface area (Å²) in [6.07, 6.45) is 5.92. The van der Waals surface area contributed by atoms with Crippen LogP contribution < -0.4 is 5.32 Å². The maximum atomic E-state index is 12.3. The van der Waals surface area contributed by atoms with E-state index in [0.717, 1.165) is 28.1 Å². The molecule has 1 aromatic carbocycles. The summed E-state index contributed by atoms with van der Waals surface area (Å²) in [5.41, 5.74) is 0.671. The average Bonchev–Trinajstić information content (AvgIpc) is 2.42. The highest BCUT2D eigenvalue weighted by Crippen LogP contribution is 2.27. The van der Waals surface area contributed by atoms with Crippen LogP contribution in [0.25, 0.3) is 0 Å². The molecule has 0 bridgehead atoms. The number of hydrogen-bond donors (Lipinski definition) is 2. The summed E-state index contributed by atoms with van der Waals surface area (Å²) in [7, 11) is 0. The van der Waals surface area contributed by atoms with Crippen molar-refractivity contribution >= 4 is 34.5 Å². The van der Waals surface area contributed by atoms with Crippen molar-refractivity contribution in [1.29, 1.82) is 0 Å². The zero-order valence-electron chi connectivity index (χ0n) is 11.2. The van der Waals surface area contributed by atoms with Crippen molar-refractivity contribution < 1.29 is 4.79 Å². The van der Waals surface area contributed by atoms with Gasteiger partial charge in [0, 0.05) is 15.4 Å². The Balaban J connectivity index is 1.96. The molecule has 104 valence electrons. The van der Waals surface area contributed by atoms with Crippen LogP contribution >= 0.6 is 28.6 Å². The van der Waals surface area contributed by atoms with E-state index in [4.69, 9.17) is 0 Å². The van der Waals surface area contributed by atoms with Gasteiger partial charge in [0.05, 0.1) is 5.56 Å². The zero-order valence-corrected chi connectivity index (χ0v) is 13.6. The Bertz CT molecular complexity index is 455. The van der Waals surface area contributed by atoms with Gasteiger partial charge in [-0.3, -0.25) is 4.79 Å². The van der Waals surface area contributed by atoms with Crippen LogP contribution in [-0.2, 0) is 0 Å². The number of thiol groups is 1. The molecule has 0 radical (unpaired) electrons. The van der Waals surface area contributed by atoms with Gasteiger partial charge in [0.15, 0.2) is 0 Å². The molecule has 1 amide bonds. The number of hydrogen-bond acceptors (Lipinski definition) is 2. The second kappa shape index (κ2) is 6.80. The molecule has 0 aliphatic heterocycles. The van der Waals surface area contributed by atoms with Crippen molar-refractivity contribution in [2.75, 3.05) is 0 Å². The number of benzene rings is 1. The highest BCUT2D eigenvalue weighted by atomic mass is 79.9. The third kappa shape index (κ3) is 3.99. The molecule has 0 atom stereocenters. The van der Waals surface area contributed by atoms with Gasteiger partial charge in [-0.15, -0.1) is 12.6 Å². The lowest BCUT2D eigenvalue weighted by Crippen LogP contribution is -2.37. The van der Waals surface area contributed by atoms with E-state index < -0.39 is 0 Å². The van der Waals surface area contributed by atoms with Crippen LogP contribution in [0.1, 0.15) is 49.4 Å². The van der Waals surface area contributed by atoms with Gasteiger partial charge in [0.25, 0.3) is 5.91 Å². The first kappa shape index (κ1) is 14.9. The number of rotatable bonds is 3. The van der Waals surface area contributed by atoms with Crippen molar-refractivity contribution in [3.8, 4) is 0 Å². The molecule has 0 unspecified atom stereocenters. The molecule has 0 saturated heterocycles. The number of carbonyl (C=O) groups excluding carboxylic acids is 1. The number of halogens is 1. The van der Waals surface area contributed by atoms with Crippen LogP contribution in [0.4, 0.5) is 0 Å². The molecule has 0 heterocycles. The van der Waals surface area contributed by atoms with E-state index in [9.17, 15) is 4.79 Å². The fourth-order valence-corrected chi connectivity index (χ4v) is 3.30. The van der Waals surface area contributed by atoms with Crippen LogP contribution in [0.5, 0.6) is 0 Å². The lowest BCUT2D eigenvalue weighted by atomic mass is 9.84. The minimum absolute atomic E-state index is 0.00252. The molecule has 0 aromatic heterocycles. The number of carbonyl (C=O) groups is 1. The van der Waals surface area contributed by atoms with Crippen LogP contribution in [0.3, 0.4) is 0 Å². The molecular formula is C15H20BrNOS. The van der Waals surface area contributed by atoms with Gasteiger partial charge in [0.1, 0.15) is 0 Å². The molecule has 2 rings (SSSR count). The predicted molar refractivity (Wildman–Crippen MR) is 84.9 cm³/mol. The van der Waals surface area contributed by atoms with Gasteiger partial charge < -0.3 is 5.32 Å². The van der Waals surface area contributed by atoms with Gasteiger partial charge in [-0.2, -0.15) is 0 Å². The topological polar surface area (TPSA) is 29.1 Å². The predicted octanol–water partition coefficient (Wildman–Crippen LogP) is 4.44. The van der Waals surface area contributed by atoms with Gasteiger partial charge in [0.2, 0.25) is 0 Å². The largest absolute Gasteiger partial charge is 0.349 e. The van der Waals surface area contributed by atoms with E-state index in [1.54, 1.807) is 6.07 Å². The number of nitrogens with one attached hydrogen (secondary N) is 1. The van der Waals surface area contributed by atoms with E-state index >= 15 is 0 Å². The van der Waals surface area contributed by atoms with Gasteiger partial charge in [-0.1, -0.05) is 13.3 Å². The van der Waals surface area contributed by atoms with Crippen molar-refractivity contribution in [2.45, 2.75) is 50.0 Å². The Kier molecular flexibility index (Phi) is 5.34. The summed E-state index contributed by atoms with van der Waals surface area (Å²) in [4.78, 5) is 13.1. The summed E-state index contributed by atoms with van der Waals surface area (Å²) in [5, 5.41) is 3.14. The first-order chi connectivity index (χ1) is 9.10. The van der Waals surface area contributed by atoms with E-state index in [1.807, 2.05) is 12.1 Å². The first-order valence-corrected chi connectivity index (χ1v) is 8.13. The number of amides is 1. The molecular weight excluding hydrogens is 322 g/mol. The molecule has 1 aliphatic carbocycles. The normalized spacial score (nSPS) is 23.1. The average molecular weight is 342 g/mol. The standard InChI is InChI=1S/C15H20BrNOS/c1-2-10-3-5-11(6-4-10)17-15(18)13-9-12(19)7-8-14(13)16/h7-11,19H,2-6H2,1H3,(H,17,18). The summed E-state index contributed by atoms with van der Waals surface area (Å²) in [6.45, 7) is 2.25. The summed E-state index contributed by atoms with van der Waals surface area (Å²) in [6, 6.07) is 5.87. The second-order valence-corrected chi connectivity index (χ2v) is 6.63. The monoisotopic (exact) mass is 341 g/mol. The van der Waals surface area contributed by atoms with E-state index in [2.05, 4.69) is 40.8 Å². The fraction of sp³-hybridized carbons (Fsp3) is 0.533. The highest BCUT2D eigenvalue weighted by molar-refractivity contribution is 9.10. The second-order valence-electron chi connectivity index (χ2n) is 5.26. The van der Waals surface area contributed by atoms with Gasteiger partial charge >= 0.3 is 0 Å². The minimum atomic E-state index is 0.00252. The van der Waals surface area contributed by atoms with Crippen molar-refractivity contribution in [3.05, 3.63) is 28.2 Å². The smallest absolute Gasteiger partial charge is 0.252 e. The van der Waals surface area contributed by atoms with Gasteiger partial charge in [-0.05, 0) is 65.7 Å². The Labute approximate surface area is 128 Å². The molecule has 1 saturated carbocycles. The molecule has 1 aromatic rings. The third-order valence-corrected chi connectivity index (χ3v) is 4.92. The molecule has 2 nitrogen and oxygen atoms in total. The van der Waals surface area contributed by atoms with Crippen molar-refractivity contribution in [3.63, 3.8) is 0 Å². The highest BCUT2D eigenvalue weighted by Gasteiger charge is 2.22. The van der Waals surface area contributed by atoms with Crippen LogP contribution in [0.15, 0.2) is 27.6 Å². The molecule has 1 N–H and O–H groups in total. The quantitative estimate of drug-likeness (QED) is 0.782. The first-order valence-electron chi connectivity index (χ1n) is 6.89. The molecule has 19 heavy (non-hydrogen) atoms. The molecule has 4 heteroatoms. The van der Waals surface area contributed by atoms with Crippen LogP contribution in [0, 0.1) is 5.92 Å². The minimum Gasteiger partial charge on any atom is -0.349 e. The molecule has 1 aliphatic rings. The maximum Gasteiger partial charge on any atom is 0.252 e. The van der Waals surface area contributed by atoms with E-state index in [-0.39, 0.29) is 5.91 Å². The zero-order chi connectivity index (χ0) is 13.8. The summed E-state index contributed by atoms with van der Waals surface area (Å²) in [5.74, 6) is 0.850. The molecule has 1 fully saturated rings. The lowest BCUT2D eigenvalue weighted by molar-refractivity contribution is 0.0920. The van der Waals surface area contributed by atoms with E-state index in [1.165, 1.54) is 19.3 Å². The Morgan fingerprint density at radius 2 is 2.05 bits per heavy atom. The van der Waals surface area contributed by atoms with E-state index in [0.29, 0.717) is 11.6 Å². The third-order valence-electron chi connectivity index (χ3n) is 3.95. The summed E-state index contributed by atoms with van der Waals surface area (Å²) >= 11 is 7.71. The SMILES string of the molecule is CCC1CCC(NC(=O)c2cc(S)ccc2Br)CC1. The Morgan fingerprint density at radius 3 is 2.68 bits per heavy atom. The molecule has 0 spiro atoms. The maximum absolute atomic E-state index is 12.3. The Morgan fingerprint density at radius 1 is 1.37 bits per heavy atom. The van der Waals surface area contributed by atoms with Crippen LogP contribution in [0.2, 0.25) is 0 Å². The van der Waals surface area contributed by atoms with Gasteiger partial charge in [-0.25, -0.2) is 0 Å². The van der Waals surface area contributed by atoms with Crippen molar-refractivity contribution in [1.82, 2.24) is 5.32 Å². The summed E-state index contributed by atoms with van der Waals surface area (Å²) < 4.78 is 0.824.